The monoisotopic (exact) mass is 214 g/mol. The highest BCUT2D eigenvalue weighted by atomic mass is 28.2. The number of hydrogen-bond donors (Lipinski definition) is 0. The molecular formula is C11H22O2Si. The molecule has 2 nitrogen and oxygen atoms in total. The van der Waals surface area contributed by atoms with Crippen LogP contribution in [0.1, 0.15) is 40.0 Å². The highest BCUT2D eigenvalue weighted by Gasteiger charge is 2.36. The summed E-state index contributed by atoms with van der Waals surface area (Å²) in [5.74, 6) is 0.637. The molecule has 0 aromatic heterocycles. The molecule has 1 rings (SSSR count). The van der Waals surface area contributed by atoms with E-state index in [0.29, 0.717) is 15.7 Å². The molecule has 1 heterocycles. The molecule has 1 aliphatic heterocycles. The van der Waals surface area contributed by atoms with Crippen molar-refractivity contribution in [3.05, 3.63) is 0 Å². The Morgan fingerprint density at radius 2 is 2.36 bits per heavy atom. The van der Waals surface area contributed by atoms with Gasteiger partial charge in [0.05, 0.1) is 12.2 Å². The maximum Gasteiger partial charge on any atom is 0.229 e. The van der Waals surface area contributed by atoms with E-state index in [-0.39, 0.29) is 5.60 Å². The van der Waals surface area contributed by atoms with Crippen molar-refractivity contribution < 1.29 is 9.16 Å². The molecule has 0 N–H and O–H groups in total. The van der Waals surface area contributed by atoms with Gasteiger partial charge in [0, 0.05) is 6.61 Å². The molecular weight excluding hydrogens is 192 g/mol. The van der Waals surface area contributed by atoms with E-state index in [1.165, 1.54) is 25.3 Å². The van der Waals surface area contributed by atoms with Crippen LogP contribution in [0.25, 0.3) is 0 Å². The molecule has 0 aromatic rings. The molecule has 1 saturated heterocycles. The molecule has 0 bridgehead atoms. The second kappa shape index (κ2) is 5.88. The Labute approximate surface area is 90.3 Å². The van der Waals surface area contributed by atoms with Gasteiger partial charge in [-0.1, -0.05) is 26.7 Å². The molecule has 3 heteroatoms. The Balaban J connectivity index is 2.10. The standard InChI is InChI=1S/C11H22O2Si/c1-4-5-8-14-13-9-11(3)10(2)6-7-12-11/h10H,4-9H2,1-3H3. The predicted molar refractivity (Wildman–Crippen MR) is 59.6 cm³/mol. The van der Waals surface area contributed by atoms with Crippen molar-refractivity contribution in [2.24, 2.45) is 5.92 Å². The normalized spacial score (nSPS) is 32.4. The fraction of sp³-hybridized carbons (Fsp3) is 1.00. The van der Waals surface area contributed by atoms with Crippen molar-refractivity contribution in [1.29, 1.82) is 0 Å². The first-order valence-corrected chi connectivity index (χ1v) is 6.79. The van der Waals surface area contributed by atoms with Crippen LogP contribution >= 0.6 is 0 Å². The first-order valence-electron chi connectivity index (χ1n) is 5.67. The quantitative estimate of drug-likeness (QED) is 0.500. The van der Waals surface area contributed by atoms with Gasteiger partial charge in [-0.25, -0.2) is 0 Å². The SMILES string of the molecule is CCCC[Si]OCC1(C)OCCC1C. The maximum absolute atomic E-state index is 5.74. The van der Waals surface area contributed by atoms with E-state index in [0.717, 1.165) is 13.2 Å². The molecule has 2 radical (unpaired) electrons. The fourth-order valence-electron chi connectivity index (χ4n) is 1.62. The van der Waals surface area contributed by atoms with Gasteiger partial charge >= 0.3 is 0 Å². The second-order valence-electron chi connectivity index (χ2n) is 4.39. The third kappa shape index (κ3) is 3.37. The van der Waals surface area contributed by atoms with Crippen molar-refractivity contribution in [1.82, 2.24) is 0 Å². The summed E-state index contributed by atoms with van der Waals surface area (Å²) in [6, 6.07) is 1.21. The van der Waals surface area contributed by atoms with Crippen LogP contribution in [0, 0.1) is 5.92 Å². The molecule has 0 amide bonds. The molecule has 1 fully saturated rings. The van der Waals surface area contributed by atoms with Crippen LogP contribution in [0.5, 0.6) is 0 Å². The average Bonchev–Trinajstić information content (AvgIpc) is 2.47. The van der Waals surface area contributed by atoms with Gasteiger partial charge in [0.2, 0.25) is 9.76 Å². The molecule has 2 unspecified atom stereocenters. The van der Waals surface area contributed by atoms with E-state index < -0.39 is 0 Å². The average molecular weight is 214 g/mol. The van der Waals surface area contributed by atoms with Gasteiger partial charge in [-0.2, -0.15) is 0 Å². The highest BCUT2D eigenvalue weighted by molar-refractivity contribution is 6.26. The Morgan fingerprint density at radius 1 is 1.57 bits per heavy atom. The topological polar surface area (TPSA) is 18.5 Å². The zero-order valence-corrected chi connectivity index (χ0v) is 10.6. The lowest BCUT2D eigenvalue weighted by Gasteiger charge is -2.27. The Hall–Kier alpha value is 0.137. The minimum Gasteiger partial charge on any atom is -0.415 e. The summed E-state index contributed by atoms with van der Waals surface area (Å²) in [5, 5.41) is 0. The lowest BCUT2D eigenvalue weighted by atomic mass is 9.92. The Bertz CT molecular complexity index is 163. The van der Waals surface area contributed by atoms with Crippen LogP contribution in [-0.2, 0) is 9.16 Å². The summed E-state index contributed by atoms with van der Waals surface area (Å²) in [4.78, 5) is 0. The fourth-order valence-corrected chi connectivity index (χ4v) is 2.65. The smallest absolute Gasteiger partial charge is 0.229 e. The first-order chi connectivity index (χ1) is 6.69. The summed E-state index contributed by atoms with van der Waals surface area (Å²) in [7, 11) is 0.656. The van der Waals surface area contributed by atoms with Crippen LogP contribution in [0.15, 0.2) is 0 Å². The van der Waals surface area contributed by atoms with E-state index in [9.17, 15) is 0 Å². The van der Waals surface area contributed by atoms with Gasteiger partial charge < -0.3 is 9.16 Å². The highest BCUT2D eigenvalue weighted by Crippen LogP contribution is 2.31. The predicted octanol–water partition coefficient (Wildman–Crippen LogP) is 2.66. The van der Waals surface area contributed by atoms with Crippen LogP contribution in [0.4, 0.5) is 0 Å². The third-order valence-electron chi connectivity index (χ3n) is 3.12. The van der Waals surface area contributed by atoms with E-state index in [2.05, 4.69) is 20.8 Å². The van der Waals surface area contributed by atoms with Crippen LogP contribution in [-0.4, -0.2) is 28.6 Å². The van der Waals surface area contributed by atoms with Crippen molar-refractivity contribution in [2.45, 2.75) is 51.7 Å². The molecule has 1 aliphatic rings. The zero-order chi connectivity index (χ0) is 10.4. The van der Waals surface area contributed by atoms with E-state index in [1.807, 2.05) is 0 Å². The van der Waals surface area contributed by atoms with Crippen molar-refractivity contribution >= 4 is 9.76 Å². The molecule has 0 saturated carbocycles. The molecule has 2 atom stereocenters. The van der Waals surface area contributed by atoms with Crippen molar-refractivity contribution in [3.63, 3.8) is 0 Å². The summed E-state index contributed by atoms with van der Waals surface area (Å²) in [5.41, 5.74) is -0.0147. The van der Waals surface area contributed by atoms with Gasteiger partial charge in [-0.05, 0) is 25.3 Å². The van der Waals surface area contributed by atoms with Gasteiger partial charge in [-0.3, -0.25) is 0 Å². The summed E-state index contributed by atoms with van der Waals surface area (Å²) in [6.45, 7) is 8.32. The van der Waals surface area contributed by atoms with Gasteiger partial charge in [0.25, 0.3) is 0 Å². The summed E-state index contributed by atoms with van der Waals surface area (Å²) in [6.07, 6.45) is 3.73. The van der Waals surface area contributed by atoms with Crippen molar-refractivity contribution in [2.75, 3.05) is 13.2 Å². The van der Waals surface area contributed by atoms with Crippen LogP contribution in [0.3, 0.4) is 0 Å². The van der Waals surface area contributed by atoms with Crippen LogP contribution < -0.4 is 0 Å². The molecule has 14 heavy (non-hydrogen) atoms. The third-order valence-corrected chi connectivity index (χ3v) is 4.02. The minimum absolute atomic E-state index is 0.0147. The Kier molecular flexibility index (Phi) is 5.13. The second-order valence-corrected chi connectivity index (χ2v) is 5.46. The summed E-state index contributed by atoms with van der Waals surface area (Å²) < 4.78 is 11.4. The molecule has 0 spiro atoms. The van der Waals surface area contributed by atoms with Crippen LogP contribution in [0.2, 0.25) is 6.04 Å². The van der Waals surface area contributed by atoms with E-state index in [4.69, 9.17) is 9.16 Å². The molecule has 0 aliphatic carbocycles. The van der Waals surface area contributed by atoms with Gasteiger partial charge in [-0.15, -0.1) is 0 Å². The van der Waals surface area contributed by atoms with Gasteiger partial charge in [0.15, 0.2) is 0 Å². The number of ether oxygens (including phenoxy) is 1. The maximum atomic E-state index is 5.74. The molecule has 0 aromatic carbocycles. The summed E-state index contributed by atoms with van der Waals surface area (Å²) >= 11 is 0. The molecule has 82 valence electrons. The lowest BCUT2D eigenvalue weighted by Crippen LogP contribution is -2.36. The minimum atomic E-state index is -0.0147. The Morgan fingerprint density at radius 3 is 2.93 bits per heavy atom. The largest absolute Gasteiger partial charge is 0.415 e. The number of rotatable bonds is 6. The zero-order valence-electron chi connectivity index (χ0n) is 9.64. The van der Waals surface area contributed by atoms with Gasteiger partial charge in [0.1, 0.15) is 0 Å². The number of hydrogen-bond acceptors (Lipinski definition) is 2. The lowest BCUT2D eigenvalue weighted by molar-refractivity contribution is -0.0356. The van der Waals surface area contributed by atoms with Crippen molar-refractivity contribution in [3.8, 4) is 0 Å². The number of unbranched alkanes of at least 4 members (excludes halogenated alkanes) is 1. The van der Waals surface area contributed by atoms with E-state index >= 15 is 0 Å². The van der Waals surface area contributed by atoms with E-state index in [1.54, 1.807) is 0 Å². The first kappa shape index (κ1) is 12.2.